The van der Waals surface area contributed by atoms with E-state index in [1.54, 1.807) is 0 Å². The Labute approximate surface area is 122 Å². The van der Waals surface area contributed by atoms with Gasteiger partial charge in [0.25, 0.3) is 10.0 Å². The van der Waals surface area contributed by atoms with Crippen LogP contribution < -0.4 is 9.57 Å². The number of methoxy groups -OCH3 is 1. The van der Waals surface area contributed by atoms with Gasteiger partial charge in [-0.15, -0.1) is 0 Å². The molecule has 1 heterocycles. The number of hydrogen-bond acceptors (Lipinski definition) is 5. The van der Waals surface area contributed by atoms with Gasteiger partial charge in [0.15, 0.2) is 0 Å². The molecule has 0 unspecified atom stereocenters. The van der Waals surface area contributed by atoms with Crippen molar-refractivity contribution in [2.45, 2.75) is 4.90 Å². The lowest BCUT2D eigenvalue weighted by atomic mass is 10.0. The van der Waals surface area contributed by atoms with Crippen molar-refractivity contribution in [1.29, 1.82) is 0 Å². The van der Waals surface area contributed by atoms with Crippen molar-refractivity contribution in [3.8, 4) is 5.75 Å². The molecule has 2 rings (SSSR count). The second-order valence-corrected chi connectivity index (χ2v) is 6.16. The van der Waals surface area contributed by atoms with E-state index in [1.807, 2.05) is 0 Å². The van der Waals surface area contributed by atoms with Gasteiger partial charge in [0, 0.05) is 25.2 Å². The maximum absolute atomic E-state index is 11.9. The minimum atomic E-state index is -3.73. The Hall–Kier alpha value is -2.29. The number of benzene rings is 1. The molecule has 0 spiro atoms. The van der Waals surface area contributed by atoms with Crippen molar-refractivity contribution in [3.05, 3.63) is 24.3 Å². The summed E-state index contributed by atoms with van der Waals surface area (Å²) < 4.78 is 28.8. The van der Waals surface area contributed by atoms with Crippen LogP contribution >= 0.6 is 0 Å². The van der Waals surface area contributed by atoms with Gasteiger partial charge < -0.3 is 14.7 Å². The molecule has 0 atom stereocenters. The van der Waals surface area contributed by atoms with Gasteiger partial charge >= 0.3 is 6.09 Å². The molecule has 1 saturated heterocycles. The first kappa shape index (κ1) is 15.1. The molecule has 8 nitrogen and oxygen atoms in total. The molecular weight excluding hydrogens is 298 g/mol. The normalized spacial score (nSPS) is 15.8. The van der Waals surface area contributed by atoms with Crippen molar-refractivity contribution in [2.75, 3.05) is 20.2 Å². The monoisotopic (exact) mass is 313 g/mol. The number of hydrogen-bond donors (Lipinski definition) is 2. The first-order valence-electron chi connectivity index (χ1n) is 6.09. The van der Waals surface area contributed by atoms with Crippen LogP contribution in [-0.2, 0) is 10.0 Å². The van der Waals surface area contributed by atoms with E-state index in [0.717, 1.165) is 0 Å². The van der Waals surface area contributed by atoms with Crippen LogP contribution in [0.25, 0.3) is 0 Å². The molecule has 114 valence electrons. The highest BCUT2D eigenvalue weighted by molar-refractivity contribution is 7.89. The number of amides is 1. The summed E-state index contributed by atoms with van der Waals surface area (Å²) in [5.74, 6) is 0.486. The molecule has 1 aliphatic rings. The van der Waals surface area contributed by atoms with Crippen molar-refractivity contribution in [3.63, 3.8) is 0 Å². The van der Waals surface area contributed by atoms with Gasteiger partial charge in [-0.1, -0.05) is 0 Å². The van der Waals surface area contributed by atoms with Crippen LogP contribution in [0.1, 0.15) is 0 Å². The van der Waals surface area contributed by atoms with Crippen molar-refractivity contribution in [1.82, 2.24) is 9.73 Å². The molecular formula is C12H15N3O5S. The molecule has 9 heteroatoms. The fourth-order valence-electron chi connectivity index (χ4n) is 1.78. The Balaban J connectivity index is 1.91. The Kier molecular flexibility index (Phi) is 4.32. The second kappa shape index (κ2) is 6.00. The molecule has 1 amide bonds. The number of nitrogens with zero attached hydrogens (tertiary/aromatic N) is 2. The van der Waals surface area contributed by atoms with Gasteiger partial charge in [-0.25, -0.2) is 9.63 Å². The molecule has 1 aromatic rings. The van der Waals surface area contributed by atoms with E-state index >= 15 is 0 Å². The first-order chi connectivity index (χ1) is 9.92. The Bertz CT molecular complexity index is 635. The van der Waals surface area contributed by atoms with Gasteiger partial charge in [0.05, 0.1) is 12.0 Å². The number of carboxylic acid groups (broad SMARTS) is 1. The summed E-state index contributed by atoms with van der Waals surface area (Å²) in [5.41, 5.74) is 0. The van der Waals surface area contributed by atoms with Gasteiger partial charge in [-0.05, 0) is 24.3 Å². The van der Waals surface area contributed by atoms with E-state index < -0.39 is 16.1 Å². The van der Waals surface area contributed by atoms with Crippen molar-refractivity contribution in [2.24, 2.45) is 11.0 Å². The summed E-state index contributed by atoms with van der Waals surface area (Å²) in [4.78, 5) is 13.9. The average Bonchev–Trinajstić information content (AvgIpc) is 2.40. The van der Waals surface area contributed by atoms with E-state index in [1.165, 1.54) is 42.5 Å². The highest BCUT2D eigenvalue weighted by Gasteiger charge is 2.29. The zero-order valence-corrected chi connectivity index (χ0v) is 12.1. The predicted octanol–water partition coefficient (Wildman–Crippen LogP) is 0.569. The average molecular weight is 313 g/mol. The number of hydrazone groups is 1. The molecule has 0 radical (unpaired) electrons. The third kappa shape index (κ3) is 3.63. The van der Waals surface area contributed by atoms with Gasteiger partial charge in [-0.3, -0.25) is 0 Å². The van der Waals surface area contributed by atoms with Crippen LogP contribution in [0.5, 0.6) is 5.75 Å². The Morgan fingerprint density at radius 3 is 2.57 bits per heavy atom. The summed E-state index contributed by atoms with van der Waals surface area (Å²) in [6.45, 7) is 0.645. The largest absolute Gasteiger partial charge is 0.497 e. The van der Waals surface area contributed by atoms with Crippen LogP contribution in [0.3, 0.4) is 0 Å². The molecule has 1 fully saturated rings. The summed E-state index contributed by atoms with van der Waals surface area (Å²) in [6.07, 6.45) is 0.416. The summed E-state index contributed by atoms with van der Waals surface area (Å²) in [7, 11) is -2.24. The number of nitrogens with one attached hydrogen (secondary N) is 1. The van der Waals surface area contributed by atoms with E-state index in [0.29, 0.717) is 18.8 Å². The highest BCUT2D eigenvalue weighted by Crippen LogP contribution is 2.16. The highest BCUT2D eigenvalue weighted by atomic mass is 32.2. The fourth-order valence-corrected chi connectivity index (χ4v) is 2.58. The molecule has 0 bridgehead atoms. The Morgan fingerprint density at radius 2 is 2.05 bits per heavy atom. The number of carbonyl (C=O) groups is 1. The number of sulfonamides is 1. The smallest absolute Gasteiger partial charge is 0.407 e. The number of ether oxygens (including phenoxy) is 1. The molecule has 1 aromatic carbocycles. The third-order valence-corrected chi connectivity index (χ3v) is 4.25. The SMILES string of the molecule is COc1ccc(S(=O)(=O)NN=CC2CN(C(=O)O)C2)cc1. The van der Waals surface area contributed by atoms with Gasteiger partial charge in [0.1, 0.15) is 5.75 Å². The van der Waals surface area contributed by atoms with E-state index in [2.05, 4.69) is 9.93 Å². The maximum Gasteiger partial charge on any atom is 0.407 e. The second-order valence-electron chi connectivity index (χ2n) is 4.50. The summed E-state index contributed by atoms with van der Waals surface area (Å²) in [6, 6.07) is 5.89. The molecule has 0 aliphatic carbocycles. The topological polar surface area (TPSA) is 108 Å². The predicted molar refractivity (Wildman–Crippen MR) is 74.9 cm³/mol. The number of likely N-dealkylation sites (tertiary alicyclic amines) is 1. The van der Waals surface area contributed by atoms with E-state index in [-0.39, 0.29) is 10.8 Å². The summed E-state index contributed by atoms with van der Waals surface area (Å²) in [5, 5.41) is 12.3. The fraction of sp³-hybridized carbons (Fsp3) is 0.333. The molecule has 0 saturated carbocycles. The zero-order chi connectivity index (χ0) is 15.5. The molecule has 0 aromatic heterocycles. The lowest BCUT2D eigenvalue weighted by Gasteiger charge is -2.34. The quantitative estimate of drug-likeness (QED) is 0.610. The third-order valence-electron chi connectivity index (χ3n) is 3.01. The van der Waals surface area contributed by atoms with Crippen molar-refractivity contribution >= 4 is 22.3 Å². The molecule has 2 N–H and O–H groups in total. The lowest BCUT2D eigenvalue weighted by Crippen LogP contribution is -2.50. The minimum absolute atomic E-state index is 0.0698. The minimum Gasteiger partial charge on any atom is -0.497 e. The zero-order valence-electron chi connectivity index (χ0n) is 11.3. The van der Waals surface area contributed by atoms with Crippen LogP contribution in [0, 0.1) is 5.92 Å². The van der Waals surface area contributed by atoms with Gasteiger partial charge in [0.2, 0.25) is 0 Å². The van der Waals surface area contributed by atoms with Crippen molar-refractivity contribution < 1.29 is 23.1 Å². The standard InChI is InChI=1S/C12H15N3O5S/c1-20-10-2-4-11(5-3-10)21(18,19)14-13-6-9-7-15(8-9)12(16)17/h2-6,9,14H,7-8H2,1H3,(H,16,17). The number of rotatable bonds is 5. The van der Waals surface area contributed by atoms with E-state index in [9.17, 15) is 13.2 Å². The maximum atomic E-state index is 11.9. The van der Waals surface area contributed by atoms with Crippen LogP contribution in [0.2, 0.25) is 0 Å². The van der Waals surface area contributed by atoms with Crippen LogP contribution in [0.4, 0.5) is 4.79 Å². The summed E-state index contributed by atoms with van der Waals surface area (Å²) >= 11 is 0. The van der Waals surface area contributed by atoms with Crippen LogP contribution in [-0.4, -0.2) is 50.9 Å². The van der Waals surface area contributed by atoms with Gasteiger partial charge in [-0.2, -0.15) is 13.5 Å². The lowest BCUT2D eigenvalue weighted by molar-refractivity contribution is 0.104. The first-order valence-corrected chi connectivity index (χ1v) is 7.57. The molecule has 1 aliphatic heterocycles. The van der Waals surface area contributed by atoms with Crippen LogP contribution in [0.15, 0.2) is 34.3 Å². The Morgan fingerprint density at radius 1 is 1.43 bits per heavy atom. The molecule has 21 heavy (non-hydrogen) atoms. The van der Waals surface area contributed by atoms with E-state index in [4.69, 9.17) is 9.84 Å².